The summed E-state index contributed by atoms with van der Waals surface area (Å²) in [4.78, 5) is 29.0. The van der Waals surface area contributed by atoms with Gasteiger partial charge in [-0.05, 0) is 48.7 Å². The van der Waals surface area contributed by atoms with Crippen molar-refractivity contribution in [1.82, 2.24) is 10.2 Å². The third-order valence-electron chi connectivity index (χ3n) is 6.38. The van der Waals surface area contributed by atoms with Crippen molar-refractivity contribution in [2.75, 3.05) is 7.05 Å². The van der Waals surface area contributed by atoms with Crippen LogP contribution < -0.4 is 10.1 Å². The van der Waals surface area contributed by atoms with Gasteiger partial charge in [0, 0.05) is 24.9 Å². The first-order valence-corrected chi connectivity index (χ1v) is 12.6. The molecule has 0 bridgehead atoms. The quantitative estimate of drug-likeness (QED) is 0.447. The molecule has 4 rings (SSSR count). The molecule has 3 atom stereocenters. The average molecular weight is 503 g/mol. The predicted molar refractivity (Wildman–Crippen MR) is 143 cm³/mol. The maximum atomic E-state index is 13.8. The molecule has 36 heavy (non-hydrogen) atoms. The maximum absolute atomic E-state index is 13.8. The van der Waals surface area contributed by atoms with Crippen molar-refractivity contribution in [3.8, 4) is 5.75 Å². The molecule has 5 nitrogen and oxygen atoms in total. The van der Waals surface area contributed by atoms with E-state index in [1.807, 2.05) is 73.7 Å². The molecular weight excluding hydrogens is 472 g/mol. The van der Waals surface area contributed by atoms with E-state index in [-0.39, 0.29) is 24.0 Å². The highest BCUT2D eigenvalue weighted by Crippen LogP contribution is 2.26. The SMILES string of the molecule is C[C@@H]1C/C=C/C[C@@H](c2cccc(Cl)c2)NC(=O)[C@H](Cc2ccccc2)N(C)C(=O)c2ccccc2O1. The van der Waals surface area contributed by atoms with Crippen LogP contribution in [0.15, 0.2) is 91.0 Å². The number of fused-ring (bicyclic) bond motifs is 1. The Kier molecular flexibility index (Phi) is 8.44. The topological polar surface area (TPSA) is 58.6 Å². The van der Waals surface area contributed by atoms with Gasteiger partial charge < -0.3 is 15.0 Å². The van der Waals surface area contributed by atoms with Crippen molar-refractivity contribution in [2.45, 2.75) is 44.4 Å². The fourth-order valence-electron chi connectivity index (χ4n) is 4.38. The van der Waals surface area contributed by atoms with Crippen molar-refractivity contribution >= 4 is 23.4 Å². The van der Waals surface area contributed by atoms with Gasteiger partial charge in [0.15, 0.2) is 0 Å². The highest BCUT2D eigenvalue weighted by atomic mass is 35.5. The normalized spacial score (nSPS) is 22.1. The summed E-state index contributed by atoms with van der Waals surface area (Å²) in [7, 11) is 1.68. The third-order valence-corrected chi connectivity index (χ3v) is 6.62. The molecule has 0 saturated carbocycles. The minimum atomic E-state index is -0.723. The average Bonchev–Trinajstić information content (AvgIpc) is 2.88. The number of carbonyl (C=O) groups excluding carboxylic acids is 2. The predicted octanol–water partition coefficient (Wildman–Crippen LogP) is 6.00. The standard InChI is InChI=1S/C30H31ClN2O3/c1-21-11-6-8-17-26(23-14-10-15-24(31)20-23)32-29(34)27(19-22-12-4-3-5-13-22)33(2)30(35)25-16-7-9-18-28(25)36-21/h3-10,12-16,18,20-21,26-27H,11,17,19H2,1-2H3,(H,32,34)/b8-6+/t21-,26+,27+/m1/s1. The van der Waals surface area contributed by atoms with Gasteiger partial charge in [-0.15, -0.1) is 0 Å². The number of carbonyl (C=O) groups is 2. The van der Waals surface area contributed by atoms with Gasteiger partial charge in [-0.3, -0.25) is 9.59 Å². The highest BCUT2D eigenvalue weighted by Gasteiger charge is 2.31. The van der Waals surface area contributed by atoms with Gasteiger partial charge in [0.05, 0.1) is 17.7 Å². The largest absolute Gasteiger partial charge is 0.490 e. The fraction of sp³-hybridized carbons (Fsp3) is 0.267. The Labute approximate surface area is 217 Å². The molecule has 0 aromatic heterocycles. The summed E-state index contributed by atoms with van der Waals surface area (Å²) in [5.74, 6) is 0.0284. The summed E-state index contributed by atoms with van der Waals surface area (Å²) >= 11 is 6.26. The minimum absolute atomic E-state index is 0.122. The lowest BCUT2D eigenvalue weighted by atomic mass is 9.99. The molecule has 3 aromatic carbocycles. The molecule has 3 aromatic rings. The summed E-state index contributed by atoms with van der Waals surface area (Å²) in [6.07, 6.45) is 5.63. The number of rotatable bonds is 3. The Hall–Kier alpha value is -3.57. The van der Waals surface area contributed by atoms with E-state index in [0.717, 1.165) is 11.1 Å². The number of hydrogen-bond donors (Lipinski definition) is 1. The van der Waals surface area contributed by atoms with Crippen molar-refractivity contribution in [3.05, 3.63) is 113 Å². The molecule has 0 aliphatic carbocycles. The number of nitrogens with zero attached hydrogens (tertiary/aromatic N) is 1. The summed E-state index contributed by atoms with van der Waals surface area (Å²) in [5, 5.41) is 3.81. The monoisotopic (exact) mass is 502 g/mol. The number of benzene rings is 3. The second-order valence-electron chi connectivity index (χ2n) is 9.11. The number of ether oxygens (including phenoxy) is 1. The molecule has 6 heteroatoms. The van der Waals surface area contributed by atoms with Crippen LogP contribution in [0.1, 0.15) is 47.3 Å². The number of likely N-dealkylation sites (N-methyl/N-ethyl adjacent to an activating group) is 1. The van der Waals surface area contributed by atoms with Crippen molar-refractivity contribution < 1.29 is 14.3 Å². The van der Waals surface area contributed by atoms with Gasteiger partial charge in [0.1, 0.15) is 11.8 Å². The Bertz CT molecular complexity index is 1230. The van der Waals surface area contributed by atoms with E-state index in [0.29, 0.717) is 35.6 Å². The van der Waals surface area contributed by atoms with Gasteiger partial charge in [-0.1, -0.05) is 78.4 Å². The molecule has 1 heterocycles. The number of halogens is 1. The van der Waals surface area contributed by atoms with Crippen LogP contribution in [0.2, 0.25) is 5.02 Å². The molecule has 2 amide bonds. The fourth-order valence-corrected chi connectivity index (χ4v) is 4.57. The first-order valence-electron chi connectivity index (χ1n) is 12.2. The first kappa shape index (κ1) is 25.5. The summed E-state index contributed by atoms with van der Waals surface area (Å²) < 4.78 is 6.15. The van der Waals surface area contributed by atoms with Gasteiger partial charge in [0.2, 0.25) is 5.91 Å². The minimum Gasteiger partial charge on any atom is -0.490 e. The van der Waals surface area contributed by atoms with Crippen LogP contribution in [-0.4, -0.2) is 35.9 Å². The van der Waals surface area contributed by atoms with E-state index in [2.05, 4.69) is 17.5 Å². The second kappa shape index (κ2) is 11.9. The molecular formula is C30H31ClN2O3. The van der Waals surface area contributed by atoms with E-state index in [4.69, 9.17) is 16.3 Å². The van der Waals surface area contributed by atoms with Gasteiger partial charge in [0.25, 0.3) is 5.91 Å². The number of nitrogens with one attached hydrogen (secondary N) is 1. The zero-order valence-corrected chi connectivity index (χ0v) is 21.3. The van der Waals surface area contributed by atoms with E-state index >= 15 is 0 Å². The highest BCUT2D eigenvalue weighted by molar-refractivity contribution is 6.30. The van der Waals surface area contributed by atoms with Crippen LogP contribution in [0.25, 0.3) is 0 Å². The Morgan fingerprint density at radius 3 is 2.44 bits per heavy atom. The van der Waals surface area contributed by atoms with Gasteiger partial charge in [-0.2, -0.15) is 0 Å². The molecule has 0 saturated heterocycles. The lowest BCUT2D eigenvalue weighted by Crippen LogP contribution is -2.49. The van der Waals surface area contributed by atoms with Crippen LogP contribution in [0.4, 0.5) is 0 Å². The molecule has 1 N–H and O–H groups in total. The van der Waals surface area contributed by atoms with Crippen molar-refractivity contribution in [2.24, 2.45) is 0 Å². The van der Waals surface area contributed by atoms with Crippen LogP contribution in [-0.2, 0) is 11.2 Å². The van der Waals surface area contributed by atoms with Crippen molar-refractivity contribution in [3.63, 3.8) is 0 Å². The number of hydrogen-bond acceptors (Lipinski definition) is 3. The molecule has 0 unspecified atom stereocenters. The summed E-state index contributed by atoms with van der Waals surface area (Å²) in [5.41, 5.74) is 2.32. The Morgan fingerprint density at radius 1 is 0.944 bits per heavy atom. The first-order chi connectivity index (χ1) is 17.4. The molecule has 0 spiro atoms. The van der Waals surface area contributed by atoms with E-state index in [1.165, 1.54) is 4.90 Å². The Morgan fingerprint density at radius 2 is 1.67 bits per heavy atom. The molecule has 1 aliphatic heterocycles. The molecule has 0 fully saturated rings. The Balaban J connectivity index is 1.73. The smallest absolute Gasteiger partial charge is 0.258 e. The summed E-state index contributed by atoms with van der Waals surface area (Å²) in [6.45, 7) is 1.98. The lowest BCUT2D eigenvalue weighted by Gasteiger charge is -2.30. The number of para-hydroxylation sites is 1. The molecule has 0 radical (unpaired) electrons. The van der Waals surface area contributed by atoms with Crippen molar-refractivity contribution in [1.29, 1.82) is 0 Å². The summed E-state index contributed by atoms with van der Waals surface area (Å²) in [6, 6.07) is 23.4. The van der Waals surface area contributed by atoms with Gasteiger partial charge >= 0.3 is 0 Å². The lowest BCUT2D eigenvalue weighted by molar-refractivity contribution is -0.126. The third kappa shape index (κ3) is 6.35. The zero-order valence-electron chi connectivity index (χ0n) is 20.6. The van der Waals surface area contributed by atoms with Crippen LogP contribution in [0, 0.1) is 0 Å². The molecule has 186 valence electrons. The number of amides is 2. The maximum Gasteiger partial charge on any atom is 0.258 e. The zero-order chi connectivity index (χ0) is 25.5. The van der Waals surface area contributed by atoms with Crippen LogP contribution >= 0.6 is 11.6 Å². The van der Waals surface area contributed by atoms with E-state index in [9.17, 15) is 9.59 Å². The van der Waals surface area contributed by atoms with E-state index in [1.54, 1.807) is 19.2 Å². The molecule has 1 aliphatic rings. The van der Waals surface area contributed by atoms with E-state index < -0.39 is 6.04 Å². The van der Waals surface area contributed by atoms with Crippen LogP contribution in [0.5, 0.6) is 5.75 Å². The van der Waals surface area contributed by atoms with Crippen LogP contribution in [0.3, 0.4) is 0 Å². The van der Waals surface area contributed by atoms with Gasteiger partial charge in [-0.25, -0.2) is 0 Å². The second-order valence-corrected chi connectivity index (χ2v) is 9.54.